The fraction of sp³-hybridized carbons (Fsp3) is 0.357. The number of aromatic nitrogens is 1. The van der Waals surface area contributed by atoms with Crippen LogP contribution < -0.4 is 10.1 Å². The first-order valence-corrected chi connectivity index (χ1v) is 6.98. The molecule has 0 aliphatic rings. The maximum absolute atomic E-state index is 12.1. The summed E-state index contributed by atoms with van der Waals surface area (Å²) in [5.74, 6) is 0.676. The molecule has 1 atom stereocenters. The van der Waals surface area contributed by atoms with Gasteiger partial charge in [0, 0.05) is 22.8 Å². The topological polar surface area (TPSA) is 34.2 Å². The largest absolute Gasteiger partial charge is 0.491 e. The molecule has 1 aromatic heterocycles. The molecule has 19 heavy (non-hydrogen) atoms. The summed E-state index contributed by atoms with van der Waals surface area (Å²) in [4.78, 5) is 5.44. The second-order valence-electron chi connectivity index (χ2n) is 4.21. The van der Waals surface area contributed by atoms with Crippen LogP contribution in [0.1, 0.15) is 22.9 Å². The number of thiazole rings is 1. The van der Waals surface area contributed by atoms with Crippen molar-refractivity contribution in [1.82, 2.24) is 4.98 Å². The Morgan fingerprint density at radius 3 is 3.00 bits per heavy atom. The Morgan fingerprint density at radius 1 is 1.47 bits per heavy atom. The van der Waals surface area contributed by atoms with Gasteiger partial charge in [-0.2, -0.15) is 0 Å². The number of anilines is 1. The van der Waals surface area contributed by atoms with E-state index in [1.807, 2.05) is 37.4 Å². The van der Waals surface area contributed by atoms with Crippen LogP contribution in [0.25, 0.3) is 0 Å². The Bertz CT molecular complexity index is 530. The van der Waals surface area contributed by atoms with Crippen molar-refractivity contribution >= 4 is 17.0 Å². The van der Waals surface area contributed by atoms with Crippen molar-refractivity contribution in [1.29, 1.82) is 0 Å². The summed E-state index contributed by atoms with van der Waals surface area (Å²) in [5, 5.41) is 4.44. The van der Waals surface area contributed by atoms with Gasteiger partial charge in [-0.25, -0.2) is 9.37 Å². The van der Waals surface area contributed by atoms with Crippen LogP contribution in [0.2, 0.25) is 0 Å². The Morgan fingerprint density at radius 2 is 2.32 bits per heavy atom. The predicted molar refractivity (Wildman–Crippen MR) is 76.8 cm³/mol. The molecule has 3 nitrogen and oxygen atoms in total. The molecule has 0 bridgehead atoms. The average molecular weight is 280 g/mol. The van der Waals surface area contributed by atoms with Gasteiger partial charge in [-0.3, -0.25) is 0 Å². The molecule has 102 valence electrons. The Balaban J connectivity index is 2.02. The van der Waals surface area contributed by atoms with Gasteiger partial charge in [0.15, 0.2) is 0 Å². The van der Waals surface area contributed by atoms with Gasteiger partial charge in [-0.15, -0.1) is 11.3 Å². The molecule has 2 rings (SSSR count). The van der Waals surface area contributed by atoms with Crippen LogP contribution in [0.3, 0.4) is 0 Å². The van der Waals surface area contributed by atoms with Crippen molar-refractivity contribution < 1.29 is 9.13 Å². The number of aryl methyl sites for hydroxylation is 1. The molecule has 1 heterocycles. The minimum Gasteiger partial charge on any atom is -0.491 e. The van der Waals surface area contributed by atoms with Gasteiger partial charge in [0.2, 0.25) is 0 Å². The third-order valence-electron chi connectivity index (χ3n) is 2.63. The van der Waals surface area contributed by atoms with Gasteiger partial charge < -0.3 is 10.1 Å². The summed E-state index contributed by atoms with van der Waals surface area (Å²) in [7, 11) is 0. The molecule has 0 unspecified atom stereocenters. The van der Waals surface area contributed by atoms with Crippen LogP contribution in [0.4, 0.5) is 10.1 Å². The molecule has 0 amide bonds. The number of benzene rings is 1. The number of nitrogens with one attached hydrogen (secondary N) is 1. The molecule has 2 aromatic rings. The van der Waals surface area contributed by atoms with Crippen LogP contribution in [0, 0.1) is 6.92 Å². The van der Waals surface area contributed by atoms with E-state index in [2.05, 4.69) is 17.2 Å². The molecule has 1 aromatic carbocycles. The number of hydrogen-bond acceptors (Lipinski definition) is 4. The van der Waals surface area contributed by atoms with E-state index in [-0.39, 0.29) is 12.6 Å². The van der Waals surface area contributed by atoms with Gasteiger partial charge in [0.05, 0.1) is 11.0 Å². The van der Waals surface area contributed by atoms with Crippen LogP contribution >= 0.6 is 11.3 Å². The fourth-order valence-corrected chi connectivity index (χ4v) is 2.52. The zero-order chi connectivity index (χ0) is 13.7. The lowest BCUT2D eigenvalue weighted by atomic mass is 10.2. The van der Waals surface area contributed by atoms with E-state index in [0.29, 0.717) is 5.75 Å². The Hall–Kier alpha value is -1.62. The number of alkyl halides is 1. The fourth-order valence-electron chi connectivity index (χ4n) is 1.73. The third kappa shape index (κ3) is 3.92. The minimum atomic E-state index is -0.478. The quantitative estimate of drug-likeness (QED) is 0.869. The highest BCUT2D eigenvalue weighted by Gasteiger charge is 2.08. The molecule has 0 fully saturated rings. The highest BCUT2D eigenvalue weighted by Crippen LogP contribution is 2.25. The van der Waals surface area contributed by atoms with Crippen LogP contribution in [0.15, 0.2) is 30.5 Å². The standard InChI is InChI=1S/C14H17FN2OS/c1-10(14-9-16-11(2)19-14)17-12-4-3-5-13(8-12)18-7-6-15/h3-5,8-10,17H,6-7H2,1-2H3/t10-/m1/s1. The van der Waals surface area contributed by atoms with Crippen molar-refractivity contribution in [3.05, 3.63) is 40.3 Å². The summed E-state index contributed by atoms with van der Waals surface area (Å²) in [6.07, 6.45) is 1.89. The average Bonchev–Trinajstić information content (AvgIpc) is 2.83. The zero-order valence-corrected chi connectivity index (χ0v) is 11.8. The number of halogens is 1. The lowest BCUT2D eigenvalue weighted by molar-refractivity contribution is 0.273. The summed E-state index contributed by atoms with van der Waals surface area (Å²) in [6, 6.07) is 7.73. The third-order valence-corrected chi connectivity index (χ3v) is 3.72. The first kappa shape index (κ1) is 13.8. The Kier molecular flexibility index (Phi) is 4.74. The number of hydrogen-bond donors (Lipinski definition) is 1. The maximum atomic E-state index is 12.1. The van der Waals surface area contributed by atoms with E-state index >= 15 is 0 Å². The molecular formula is C14H17FN2OS. The molecular weight excluding hydrogens is 263 g/mol. The van der Waals surface area contributed by atoms with Crippen LogP contribution in [-0.4, -0.2) is 18.3 Å². The normalized spacial score (nSPS) is 12.2. The lowest BCUT2D eigenvalue weighted by Crippen LogP contribution is -2.05. The van der Waals surface area contributed by atoms with Crippen molar-refractivity contribution in [3.8, 4) is 5.75 Å². The summed E-state index contributed by atoms with van der Waals surface area (Å²) in [6.45, 7) is 3.69. The van der Waals surface area contributed by atoms with Crippen molar-refractivity contribution in [2.45, 2.75) is 19.9 Å². The van der Waals surface area contributed by atoms with E-state index in [0.717, 1.165) is 10.7 Å². The van der Waals surface area contributed by atoms with Gasteiger partial charge in [0.25, 0.3) is 0 Å². The molecule has 0 aliphatic heterocycles. The first-order chi connectivity index (χ1) is 9.19. The molecule has 0 saturated carbocycles. The molecule has 0 saturated heterocycles. The molecule has 0 aliphatic carbocycles. The highest BCUT2D eigenvalue weighted by atomic mass is 32.1. The summed E-state index contributed by atoms with van der Waals surface area (Å²) < 4.78 is 17.3. The zero-order valence-electron chi connectivity index (χ0n) is 11.0. The van der Waals surface area contributed by atoms with E-state index < -0.39 is 6.67 Å². The number of rotatable bonds is 6. The molecule has 1 N–H and O–H groups in total. The van der Waals surface area contributed by atoms with Crippen LogP contribution in [-0.2, 0) is 0 Å². The smallest absolute Gasteiger partial charge is 0.123 e. The highest BCUT2D eigenvalue weighted by molar-refractivity contribution is 7.11. The first-order valence-electron chi connectivity index (χ1n) is 6.16. The Labute approximate surface area is 116 Å². The van der Waals surface area contributed by atoms with Crippen molar-refractivity contribution in [2.75, 3.05) is 18.6 Å². The molecule has 0 spiro atoms. The lowest BCUT2D eigenvalue weighted by Gasteiger charge is -2.14. The summed E-state index contributed by atoms with van der Waals surface area (Å²) in [5.41, 5.74) is 0.954. The van der Waals surface area contributed by atoms with Crippen LogP contribution in [0.5, 0.6) is 5.75 Å². The monoisotopic (exact) mass is 280 g/mol. The second-order valence-corrected chi connectivity index (χ2v) is 5.48. The number of nitrogens with zero attached hydrogens (tertiary/aromatic N) is 1. The van der Waals surface area contributed by atoms with Gasteiger partial charge >= 0.3 is 0 Å². The molecule has 5 heteroatoms. The van der Waals surface area contributed by atoms with Gasteiger partial charge in [-0.1, -0.05) is 6.07 Å². The van der Waals surface area contributed by atoms with E-state index in [1.165, 1.54) is 4.88 Å². The van der Waals surface area contributed by atoms with Gasteiger partial charge in [-0.05, 0) is 26.0 Å². The SMILES string of the molecule is Cc1ncc([C@@H](C)Nc2cccc(OCCF)c2)s1. The van der Waals surface area contributed by atoms with E-state index in [4.69, 9.17) is 4.74 Å². The minimum absolute atomic E-state index is 0.0903. The molecule has 0 radical (unpaired) electrons. The van der Waals surface area contributed by atoms with E-state index in [1.54, 1.807) is 11.3 Å². The van der Waals surface area contributed by atoms with Crippen molar-refractivity contribution in [2.24, 2.45) is 0 Å². The number of ether oxygens (including phenoxy) is 1. The van der Waals surface area contributed by atoms with E-state index in [9.17, 15) is 4.39 Å². The van der Waals surface area contributed by atoms with Gasteiger partial charge in [0.1, 0.15) is 19.0 Å². The summed E-state index contributed by atoms with van der Waals surface area (Å²) >= 11 is 1.68. The van der Waals surface area contributed by atoms with Crippen molar-refractivity contribution in [3.63, 3.8) is 0 Å². The second kappa shape index (κ2) is 6.52. The predicted octanol–water partition coefficient (Wildman–Crippen LogP) is 3.97. The maximum Gasteiger partial charge on any atom is 0.123 e.